The first-order valence-corrected chi connectivity index (χ1v) is 14.7. The maximum atomic E-state index is 13.0. The number of amidine groups is 1. The van der Waals surface area contributed by atoms with Crippen LogP contribution < -0.4 is 19.3 Å². The van der Waals surface area contributed by atoms with Crippen LogP contribution in [0.2, 0.25) is 0 Å². The number of benzene rings is 2. The first kappa shape index (κ1) is 26.3. The second-order valence-electron chi connectivity index (χ2n) is 8.97. The number of anilines is 2. The van der Waals surface area contributed by atoms with E-state index >= 15 is 0 Å². The van der Waals surface area contributed by atoms with Gasteiger partial charge in [0.2, 0.25) is 0 Å². The second-order valence-corrected chi connectivity index (χ2v) is 12.3. The van der Waals surface area contributed by atoms with E-state index < -0.39 is 9.84 Å². The minimum atomic E-state index is -3.14. The Bertz CT molecular complexity index is 1270. The van der Waals surface area contributed by atoms with Crippen molar-refractivity contribution < 1.29 is 22.7 Å². The van der Waals surface area contributed by atoms with E-state index in [2.05, 4.69) is 35.9 Å². The summed E-state index contributed by atoms with van der Waals surface area (Å²) in [6.07, 6.45) is 0.103. The fraction of sp³-hybridized carbons (Fsp3) is 0.462. The molecule has 2 aromatic carbocycles. The number of hydrogen-bond acceptors (Lipinski definition) is 7. The average molecular weight is 532 g/mol. The van der Waals surface area contributed by atoms with Gasteiger partial charge in [-0.1, -0.05) is 17.8 Å². The number of aliphatic imine (C=N–C) groups is 1. The smallest absolute Gasteiger partial charge is 0.252 e. The molecule has 2 aliphatic heterocycles. The quantitative estimate of drug-likeness (QED) is 0.510. The number of aryl methyl sites for hydroxylation is 1. The number of rotatable bonds is 8. The number of carbonyl (C=O) groups excluding carboxylic acids is 1. The van der Waals surface area contributed by atoms with Crippen LogP contribution in [0.4, 0.5) is 11.4 Å². The zero-order valence-electron chi connectivity index (χ0n) is 21.4. The van der Waals surface area contributed by atoms with Gasteiger partial charge in [0.05, 0.1) is 38.2 Å². The van der Waals surface area contributed by atoms with Gasteiger partial charge < -0.3 is 19.3 Å². The van der Waals surface area contributed by atoms with Gasteiger partial charge in [-0.3, -0.25) is 4.79 Å². The maximum absolute atomic E-state index is 13.0. The van der Waals surface area contributed by atoms with Gasteiger partial charge in [0.25, 0.3) is 5.91 Å². The number of fused-ring (bicyclic) bond motifs is 1. The van der Waals surface area contributed by atoms with Crippen LogP contribution in [0.25, 0.3) is 0 Å². The summed E-state index contributed by atoms with van der Waals surface area (Å²) >= 11 is 1.39. The lowest BCUT2D eigenvalue weighted by Gasteiger charge is -2.28. The van der Waals surface area contributed by atoms with Crippen molar-refractivity contribution in [2.75, 3.05) is 48.6 Å². The molecule has 2 fully saturated rings. The van der Waals surface area contributed by atoms with E-state index in [0.29, 0.717) is 16.7 Å². The first-order valence-electron chi connectivity index (χ1n) is 12.0. The number of nitrogens with zero attached hydrogens (tertiary/aromatic N) is 3. The molecule has 0 radical (unpaired) electrons. The number of ether oxygens (including phenoxy) is 2. The average Bonchev–Trinajstić information content (AvgIpc) is 3.30. The summed E-state index contributed by atoms with van der Waals surface area (Å²) in [5.41, 5.74) is 3.79. The van der Waals surface area contributed by atoms with Gasteiger partial charge in [-0.2, -0.15) is 4.99 Å². The monoisotopic (exact) mass is 531 g/mol. The van der Waals surface area contributed by atoms with Crippen LogP contribution >= 0.6 is 11.8 Å². The molecule has 2 aromatic rings. The van der Waals surface area contributed by atoms with E-state index in [1.807, 2.05) is 24.0 Å². The van der Waals surface area contributed by atoms with Crippen molar-refractivity contribution in [3.63, 3.8) is 0 Å². The Morgan fingerprint density at radius 1 is 1.08 bits per heavy atom. The Kier molecular flexibility index (Phi) is 7.85. The number of thioether (sulfide) groups is 1. The van der Waals surface area contributed by atoms with Crippen LogP contribution in [0.1, 0.15) is 25.0 Å². The molecule has 2 heterocycles. The molecule has 1 amide bonds. The number of carbonyl (C=O) groups is 1. The van der Waals surface area contributed by atoms with Crippen LogP contribution in [-0.4, -0.2) is 69.6 Å². The highest BCUT2D eigenvalue weighted by Gasteiger charge is 2.49. The van der Waals surface area contributed by atoms with Crippen molar-refractivity contribution in [1.29, 1.82) is 0 Å². The molecule has 194 valence electrons. The predicted molar refractivity (Wildman–Crippen MR) is 147 cm³/mol. The molecule has 2 aliphatic rings. The third-order valence-corrected chi connectivity index (χ3v) is 9.87. The highest BCUT2D eigenvalue weighted by Crippen LogP contribution is 2.42. The van der Waals surface area contributed by atoms with Crippen molar-refractivity contribution in [3.8, 4) is 11.5 Å². The zero-order valence-corrected chi connectivity index (χ0v) is 23.0. The lowest BCUT2D eigenvalue weighted by Crippen LogP contribution is -2.38. The topological polar surface area (TPSA) is 88.5 Å². The van der Waals surface area contributed by atoms with E-state index in [1.54, 1.807) is 26.4 Å². The standard InChI is InChI=1S/C26H33N3O5S2/c1-6-28(7-2)19-9-10-20(17(3)12-19)29-21-15-36(31,32)16-24(21)35-26(29)27-25(30)14-18-8-11-22(33-4)23(13-18)34-5/h8-13,21,24H,6-7,14-16H2,1-5H3/t21-,24+/m0/s1. The summed E-state index contributed by atoms with van der Waals surface area (Å²) in [5, 5.41) is 0.411. The van der Waals surface area contributed by atoms with Crippen molar-refractivity contribution in [2.45, 2.75) is 38.5 Å². The van der Waals surface area contributed by atoms with Crippen LogP contribution in [0.3, 0.4) is 0 Å². The molecule has 10 heteroatoms. The third-order valence-electron chi connectivity index (χ3n) is 6.66. The Morgan fingerprint density at radius 3 is 2.44 bits per heavy atom. The summed E-state index contributed by atoms with van der Waals surface area (Å²) in [5.74, 6) is 1.00. The Balaban J connectivity index is 1.65. The molecule has 0 bridgehead atoms. The summed E-state index contributed by atoms with van der Waals surface area (Å²) in [4.78, 5) is 21.7. The molecule has 0 aliphatic carbocycles. The SMILES string of the molecule is CCN(CC)c1ccc(N2C(=NC(=O)Cc3ccc(OC)c(OC)c3)S[C@@H]3CS(=O)(=O)C[C@@H]32)c(C)c1. The van der Waals surface area contributed by atoms with Crippen LogP contribution in [0.15, 0.2) is 41.4 Å². The van der Waals surface area contributed by atoms with E-state index in [-0.39, 0.29) is 35.1 Å². The Morgan fingerprint density at radius 2 is 1.81 bits per heavy atom. The van der Waals surface area contributed by atoms with Crippen LogP contribution in [0, 0.1) is 6.92 Å². The van der Waals surface area contributed by atoms with Gasteiger partial charge in [0.1, 0.15) is 0 Å². The number of sulfone groups is 1. The molecule has 36 heavy (non-hydrogen) atoms. The highest BCUT2D eigenvalue weighted by molar-refractivity contribution is 8.16. The van der Waals surface area contributed by atoms with Gasteiger partial charge in [0.15, 0.2) is 26.5 Å². The minimum absolute atomic E-state index is 0.0603. The molecule has 2 saturated heterocycles. The third kappa shape index (κ3) is 5.34. The van der Waals surface area contributed by atoms with Gasteiger partial charge in [-0.15, -0.1) is 0 Å². The van der Waals surface area contributed by atoms with Crippen molar-refractivity contribution in [3.05, 3.63) is 47.5 Å². The molecule has 0 saturated carbocycles. The predicted octanol–water partition coefficient (Wildman–Crippen LogP) is 3.70. The van der Waals surface area contributed by atoms with Gasteiger partial charge in [-0.25, -0.2) is 8.42 Å². The Hall–Kier alpha value is -2.72. The summed E-state index contributed by atoms with van der Waals surface area (Å²) in [7, 11) is -0.0233. The zero-order chi connectivity index (χ0) is 26.0. The van der Waals surface area contributed by atoms with Gasteiger partial charge in [0, 0.05) is 29.7 Å². The Labute approximate surface area is 217 Å². The molecule has 4 rings (SSSR count). The number of methoxy groups -OCH3 is 2. The first-order chi connectivity index (χ1) is 17.2. The normalized spacial score (nSPS) is 21.5. The van der Waals surface area contributed by atoms with Crippen molar-refractivity contribution >= 4 is 44.0 Å². The molecule has 0 unspecified atom stereocenters. The number of amides is 1. The van der Waals surface area contributed by atoms with Crippen molar-refractivity contribution in [2.24, 2.45) is 4.99 Å². The molecular formula is C26H33N3O5S2. The highest BCUT2D eigenvalue weighted by atomic mass is 32.2. The summed E-state index contributed by atoms with van der Waals surface area (Å²) in [6, 6.07) is 11.3. The lowest BCUT2D eigenvalue weighted by molar-refractivity contribution is -0.117. The second kappa shape index (κ2) is 10.7. The minimum Gasteiger partial charge on any atom is -0.493 e. The molecule has 8 nitrogen and oxygen atoms in total. The van der Waals surface area contributed by atoms with Gasteiger partial charge in [-0.05, 0) is 62.2 Å². The molecule has 0 spiro atoms. The number of hydrogen-bond donors (Lipinski definition) is 0. The summed E-state index contributed by atoms with van der Waals surface area (Å²) < 4.78 is 35.5. The maximum Gasteiger partial charge on any atom is 0.252 e. The van der Waals surface area contributed by atoms with E-state index in [1.165, 1.54) is 11.8 Å². The molecule has 2 atom stereocenters. The van der Waals surface area contributed by atoms with Crippen molar-refractivity contribution in [1.82, 2.24) is 0 Å². The fourth-order valence-electron chi connectivity index (χ4n) is 4.85. The fourth-order valence-corrected chi connectivity index (χ4v) is 8.78. The van der Waals surface area contributed by atoms with E-state index in [0.717, 1.165) is 35.6 Å². The van der Waals surface area contributed by atoms with E-state index in [9.17, 15) is 13.2 Å². The van der Waals surface area contributed by atoms with E-state index in [4.69, 9.17) is 9.47 Å². The molecule has 0 N–H and O–H groups in total. The van der Waals surface area contributed by atoms with Crippen LogP contribution in [-0.2, 0) is 21.1 Å². The molecule has 0 aromatic heterocycles. The van der Waals surface area contributed by atoms with Gasteiger partial charge >= 0.3 is 0 Å². The largest absolute Gasteiger partial charge is 0.493 e. The molecular weight excluding hydrogens is 498 g/mol. The summed E-state index contributed by atoms with van der Waals surface area (Å²) in [6.45, 7) is 8.05. The van der Waals surface area contributed by atoms with Crippen LogP contribution in [0.5, 0.6) is 11.5 Å². The lowest BCUT2D eigenvalue weighted by atomic mass is 10.1.